The molecule has 5 rings (SSSR count). The van der Waals surface area contributed by atoms with E-state index in [0.717, 1.165) is 37.0 Å². The lowest BCUT2D eigenvalue weighted by Crippen LogP contribution is -2.41. The average molecular weight is 574 g/mol. The number of amides is 2. The number of morpholine rings is 1. The Morgan fingerprint density at radius 3 is 2.65 bits per heavy atom. The predicted octanol–water partition coefficient (Wildman–Crippen LogP) is 3.85. The van der Waals surface area contributed by atoms with Gasteiger partial charge in [0.15, 0.2) is 0 Å². The summed E-state index contributed by atoms with van der Waals surface area (Å²) in [5.41, 5.74) is 6.31. The number of alkyl halides is 3. The fourth-order valence-corrected chi connectivity index (χ4v) is 5.35. The number of rotatable bonds is 9. The van der Waals surface area contributed by atoms with E-state index in [2.05, 4.69) is 15.2 Å². The first-order valence-electron chi connectivity index (χ1n) is 12.5. The number of hydrogen-bond donors (Lipinski definition) is 2. The molecule has 2 aromatic carbocycles. The Labute approximate surface area is 231 Å². The fourth-order valence-electron chi connectivity index (χ4n) is 4.42. The number of nitrogens with zero attached hydrogens (tertiary/aromatic N) is 3. The van der Waals surface area contributed by atoms with Crippen LogP contribution < -0.4 is 15.8 Å². The summed E-state index contributed by atoms with van der Waals surface area (Å²) < 4.78 is 52.9. The summed E-state index contributed by atoms with van der Waals surface area (Å²) in [5.74, 6) is -0.956. The van der Waals surface area contributed by atoms with Crippen LogP contribution in [-0.4, -0.2) is 65.7 Å². The molecule has 0 spiro atoms. The number of thiophene rings is 1. The van der Waals surface area contributed by atoms with Crippen LogP contribution in [0.1, 0.15) is 31.2 Å². The third-order valence-corrected chi connectivity index (χ3v) is 7.61. The average Bonchev–Trinajstić information content (AvgIpc) is 3.56. The summed E-state index contributed by atoms with van der Waals surface area (Å²) in [4.78, 5) is 31.6. The number of imidazole rings is 1. The minimum atomic E-state index is -4.55. The summed E-state index contributed by atoms with van der Waals surface area (Å²) in [7, 11) is 0. The monoisotopic (exact) mass is 573 g/mol. The van der Waals surface area contributed by atoms with Crippen LogP contribution in [0.4, 0.5) is 13.2 Å². The quantitative estimate of drug-likeness (QED) is 0.315. The zero-order valence-corrected chi connectivity index (χ0v) is 22.1. The molecule has 40 heavy (non-hydrogen) atoms. The van der Waals surface area contributed by atoms with Crippen molar-refractivity contribution in [2.24, 2.45) is 5.73 Å². The maximum atomic E-state index is 13.4. The van der Waals surface area contributed by atoms with Gasteiger partial charge in [-0.3, -0.25) is 19.1 Å². The van der Waals surface area contributed by atoms with E-state index < -0.39 is 24.3 Å². The van der Waals surface area contributed by atoms with Gasteiger partial charge < -0.3 is 20.5 Å². The molecule has 1 saturated heterocycles. The van der Waals surface area contributed by atoms with Gasteiger partial charge in [-0.1, -0.05) is 18.2 Å². The smallest absolute Gasteiger partial charge is 0.416 e. The number of primary amides is 1. The third-order valence-electron chi connectivity index (χ3n) is 6.48. The maximum Gasteiger partial charge on any atom is 0.416 e. The molecule has 13 heteroatoms. The lowest BCUT2D eigenvalue weighted by Gasteiger charge is -2.26. The zero-order valence-electron chi connectivity index (χ0n) is 21.2. The predicted molar refractivity (Wildman–Crippen MR) is 143 cm³/mol. The SMILES string of the molecule is NC(=O)c1sc(-n2cnc3ccc(C(=O)NCCN4CCOCC4)cc32)cc1OCc1ccccc1C(F)(F)F. The number of nitrogens with two attached hydrogens (primary N) is 1. The molecular formula is C27H26F3N5O4S. The first kappa shape index (κ1) is 27.6. The van der Waals surface area contributed by atoms with Crippen molar-refractivity contribution in [3.05, 3.63) is 76.4 Å². The lowest BCUT2D eigenvalue weighted by molar-refractivity contribution is -0.138. The number of benzene rings is 2. The third kappa shape index (κ3) is 6.11. The molecule has 4 aromatic rings. The number of halogens is 3. The second kappa shape index (κ2) is 11.7. The molecular weight excluding hydrogens is 547 g/mol. The molecule has 2 amide bonds. The minimum Gasteiger partial charge on any atom is -0.487 e. The van der Waals surface area contributed by atoms with Gasteiger partial charge in [0, 0.05) is 43.4 Å². The highest BCUT2D eigenvalue weighted by Gasteiger charge is 2.33. The van der Waals surface area contributed by atoms with Gasteiger partial charge in [-0.05, 0) is 24.3 Å². The zero-order chi connectivity index (χ0) is 28.3. The number of aromatic nitrogens is 2. The van der Waals surface area contributed by atoms with Gasteiger partial charge in [-0.2, -0.15) is 13.2 Å². The van der Waals surface area contributed by atoms with Crippen molar-refractivity contribution in [2.45, 2.75) is 12.8 Å². The second-order valence-corrected chi connectivity index (χ2v) is 10.1. The molecule has 210 valence electrons. The Balaban J connectivity index is 1.35. The van der Waals surface area contributed by atoms with Crippen molar-refractivity contribution in [3.63, 3.8) is 0 Å². The van der Waals surface area contributed by atoms with E-state index in [1.165, 1.54) is 30.6 Å². The molecule has 3 N–H and O–H groups in total. The van der Waals surface area contributed by atoms with Crippen LogP contribution in [-0.2, 0) is 17.5 Å². The first-order valence-corrected chi connectivity index (χ1v) is 13.3. The molecule has 0 saturated carbocycles. The molecule has 0 bridgehead atoms. The highest BCUT2D eigenvalue weighted by atomic mass is 32.1. The van der Waals surface area contributed by atoms with Crippen LogP contribution in [0.3, 0.4) is 0 Å². The van der Waals surface area contributed by atoms with E-state index in [1.54, 1.807) is 22.8 Å². The number of hydrogen-bond acceptors (Lipinski definition) is 7. The molecule has 0 aliphatic carbocycles. The van der Waals surface area contributed by atoms with Gasteiger partial charge in [0.1, 0.15) is 28.6 Å². The number of fused-ring (bicyclic) bond motifs is 1. The van der Waals surface area contributed by atoms with Crippen molar-refractivity contribution >= 4 is 34.2 Å². The van der Waals surface area contributed by atoms with Crippen molar-refractivity contribution in [2.75, 3.05) is 39.4 Å². The molecule has 2 aromatic heterocycles. The summed E-state index contributed by atoms with van der Waals surface area (Å²) in [6.07, 6.45) is -3.02. The summed E-state index contributed by atoms with van der Waals surface area (Å²) in [5, 5.41) is 3.43. The van der Waals surface area contributed by atoms with Crippen LogP contribution in [0.5, 0.6) is 5.75 Å². The molecule has 0 radical (unpaired) electrons. The standard InChI is InChI=1S/C27H26F3N5O4S/c28-27(29,30)19-4-2-1-3-18(19)15-39-22-14-23(40-24(22)25(31)36)35-16-33-20-6-5-17(13-21(20)35)26(37)32-7-8-34-9-11-38-12-10-34/h1-6,13-14,16H,7-12,15H2,(H2,31,36)(H,32,37). The van der Waals surface area contributed by atoms with Crippen LogP contribution >= 0.6 is 11.3 Å². The Morgan fingerprint density at radius 2 is 1.90 bits per heavy atom. The number of ether oxygens (including phenoxy) is 2. The maximum absolute atomic E-state index is 13.4. The molecule has 0 unspecified atom stereocenters. The molecule has 9 nitrogen and oxygen atoms in total. The van der Waals surface area contributed by atoms with Gasteiger partial charge in [0.2, 0.25) is 0 Å². The van der Waals surface area contributed by atoms with E-state index in [1.807, 2.05) is 0 Å². The van der Waals surface area contributed by atoms with Gasteiger partial charge in [-0.25, -0.2) is 4.98 Å². The van der Waals surface area contributed by atoms with Gasteiger partial charge in [0.25, 0.3) is 11.8 Å². The molecule has 1 aliphatic rings. The molecule has 0 atom stereocenters. The van der Waals surface area contributed by atoms with E-state index in [-0.39, 0.29) is 22.1 Å². The van der Waals surface area contributed by atoms with Crippen molar-refractivity contribution in [1.29, 1.82) is 0 Å². The lowest BCUT2D eigenvalue weighted by atomic mass is 10.1. The summed E-state index contributed by atoms with van der Waals surface area (Å²) in [6, 6.07) is 11.7. The van der Waals surface area contributed by atoms with Gasteiger partial charge >= 0.3 is 6.18 Å². The van der Waals surface area contributed by atoms with Crippen LogP contribution in [0.2, 0.25) is 0 Å². The molecule has 3 heterocycles. The Morgan fingerprint density at radius 1 is 1.12 bits per heavy atom. The van der Waals surface area contributed by atoms with Crippen LogP contribution in [0.25, 0.3) is 16.0 Å². The van der Waals surface area contributed by atoms with E-state index >= 15 is 0 Å². The van der Waals surface area contributed by atoms with Crippen LogP contribution in [0.15, 0.2) is 54.9 Å². The van der Waals surface area contributed by atoms with Gasteiger partial charge in [0.05, 0.1) is 29.8 Å². The number of carbonyl (C=O) groups excluding carboxylic acids is 2. The van der Waals surface area contributed by atoms with E-state index in [9.17, 15) is 22.8 Å². The van der Waals surface area contributed by atoms with Gasteiger partial charge in [-0.15, -0.1) is 11.3 Å². The fraction of sp³-hybridized carbons (Fsp3) is 0.296. The van der Waals surface area contributed by atoms with Crippen LogP contribution in [0, 0.1) is 0 Å². The second-order valence-electron chi connectivity index (χ2n) is 9.11. The molecule has 1 aliphatic heterocycles. The summed E-state index contributed by atoms with van der Waals surface area (Å²) in [6.45, 7) is 3.82. The van der Waals surface area contributed by atoms with E-state index in [4.69, 9.17) is 15.2 Å². The minimum absolute atomic E-state index is 0.0540. The van der Waals surface area contributed by atoms with Crippen molar-refractivity contribution in [3.8, 4) is 10.8 Å². The van der Waals surface area contributed by atoms with E-state index in [0.29, 0.717) is 41.4 Å². The molecule has 1 fully saturated rings. The number of nitrogens with one attached hydrogen (secondary N) is 1. The first-order chi connectivity index (χ1) is 19.2. The Hall–Kier alpha value is -3.94. The largest absolute Gasteiger partial charge is 0.487 e. The number of carbonyl (C=O) groups is 2. The topological polar surface area (TPSA) is 112 Å². The highest BCUT2D eigenvalue weighted by Crippen LogP contribution is 2.36. The summed E-state index contributed by atoms with van der Waals surface area (Å²) >= 11 is 1.01. The Bertz CT molecular complexity index is 1530. The van der Waals surface area contributed by atoms with Crippen molar-refractivity contribution < 1.29 is 32.2 Å². The normalized spacial score (nSPS) is 14.4. The Kier molecular flexibility index (Phi) is 8.05. The highest BCUT2D eigenvalue weighted by molar-refractivity contribution is 7.16. The van der Waals surface area contributed by atoms with Crippen molar-refractivity contribution in [1.82, 2.24) is 19.8 Å².